The van der Waals surface area contributed by atoms with Crippen molar-refractivity contribution in [1.82, 2.24) is 24.9 Å². The number of anilines is 2. The molecule has 2 N–H and O–H groups in total. The summed E-state index contributed by atoms with van der Waals surface area (Å²) in [6.45, 7) is 1.86. The molecule has 0 amide bonds. The predicted octanol–water partition coefficient (Wildman–Crippen LogP) is 4.65. The van der Waals surface area contributed by atoms with Gasteiger partial charge in [0.05, 0.1) is 50.8 Å². The predicted molar refractivity (Wildman–Crippen MR) is 104 cm³/mol. The van der Waals surface area contributed by atoms with E-state index in [-0.39, 0.29) is 0 Å². The number of aryl methyl sites for hydroxylation is 1. The van der Waals surface area contributed by atoms with Gasteiger partial charge in [-0.2, -0.15) is 5.26 Å². The van der Waals surface area contributed by atoms with E-state index in [0.29, 0.717) is 49.7 Å². The van der Waals surface area contributed by atoms with Gasteiger partial charge in [-0.3, -0.25) is 4.98 Å². The summed E-state index contributed by atoms with van der Waals surface area (Å²) in [6, 6.07) is 6.89. The topological polar surface area (TPSA) is 103 Å². The number of fused-ring (bicyclic) bond motifs is 1. The van der Waals surface area contributed by atoms with Gasteiger partial charge in [-0.1, -0.05) is 23.2 Å². The Morgan fingerprint density at radius 1 is 1.11 bits per heavy atom. The number of hydrogen-bond acceptors (Lipinski definition) is 6. The lowest BCUT2D eigenvalue weighted by Gasteiger charge is -2.05. The first-order chi connectivity index (χ1) is 13.0. The largest absolute Gasteiger partial charge is 0.335 e. The molecule has 0 saturated heterocycles. The van der Waals surface area contributed by atoms with Crippen molar-refractivity contribution < 1.29 is 0 Å². The number of aromatic amines is 1. The van der Waals surface area contributed by atoms with E-state index < -0.39 is 0 Å². The average Bonchev–Trinajstić information content (AvgIpc) is 3.07. The molecule has 3 aromatic heterocycles. The molecule has 0 aliphatic heterocycles. The summed E-state index contributed by atoms with van der Waals surface area (Å²) >= 11 is 12.6. The molecule has 4 rings (SSSR count). The van der Waals surface area contributed by atoms with Gasteiger partial charge >= 0.3 is 0 Å². The van der Waals surface area contributed by atoms with E-state index in [1.165, 1.54) is 0 Å². The molecule has 0 spiro atoms. The number of aromatic nitrogens is 5. The van der Waals surface area contributed by atoms with Crippen LogP contribution in [-0.4, -0.2) is 24.9 Å². The maximum atomic E-state index is 9.04. The summed E-state index contributed by atoms with van der Waals surface area (Å²) in [7, 11) is 0. The van der Waals surface area contributed by atoms with Crippen LogP contribution in [0.25, 0.3) is 22.4 Å². The van der Waals surface area contributed by atoms with Crippen LogP contribution in [0.4, 0.5) is 11.6 Å². The second kappa shape index (κ2) is 6.83. The number of nitrogens with zero attached hydrogens (tertiary/aromatic N) is 5. The number of halogens is 2. The van der Waals surface area contributed by atoms with E-state index in [2.05, 4.69) is 30.2 Å². The van der Waals surface area contributed by atoms with Crippen molar-refractivity contribution in [2.45, 2.75) is 6.92 Å². The zero-order valence-electron chi connectivity index (χ0n) is 14.0. The Morgan fingerprint density at radius 3 is 2.56 bits per heavy atom. The van der Waals surface area contributed by atoms with Gasteiger partial charge in [0, 0.05) is 6.20 Å². The number of pyridine rings is 1. The van der Waals surface area contributed by atoms with Gasteiger partial charge in [0.1, 0.15) is 17.2 Å². The summed E-state index contributed by atoms with van der Waals surface area (Å²) < 4.78 is 0. The van der Waals surface area contributed by atoms with Gasteiger partial charge in [0.25, 0.3) is 0 Å². The van der Waals surface area contributed by atoms with Crippen molar-refractivity contribution in [1.29, 1.82) is 5.26 Å². The zero-order chi connectivity index (χ0) is 19.0. The number of benzene rings is 1. The molecule has 0 saturated carbocycles. The lowest BCUT2D eigenvalue weighted by Crippen LogP contribution is -1.98. The Bertz CT molecular complexity index is 1170. The molecule has 4 aromatic rings. The summed E-state index contributed by atoms with van der Waals surface area (Å²) in [5, 5.41) is 12.8. The first-order valence-corrected chi connectivity index (χ1v) is 8.60. The second-order valence-electron chi connectivity index (χ2n) is 5.73. The smallest absolute Gasteiger partial charge is 0.157 e. The van der Waals surface area contributed by atoms with Gasteiger partial charge in [0.15, 0.2) is 5.82 Å². The fourth-order valence-electron chi connectivity index (χ4n) is 2.59. The fraction of sp³-hybridized carbons (Fsp3) is 0.0556. The van der Waals surface area contributed by atoms with E-state index in [1.54, 1.807) is 36.8 Å². The molecule has 0 aliphatic carbocycles. The maximum absolute atomic E-state index is 9.04. The van der Waals surface area contributed by atoms with Gasteiger partial charge in [-0.05, 0) is 25.1 Å². The molecular weight excluding hydrogens is 385 g/mol. The minimum Gasteiger partial charge on any atom is -0.335 e. The Labute approximate surface area is 164 Å². The maximum Gasteiger partial charge on any atom is 0.157 e. The Kier molecular flexibility index (Phi) is 4.36. The zero-order valence-corrected chi connectivity index (χ0v) is 15.5. The molecule has 0 radical (unpaired) electrons. The number of H-pyrrole nitrogens is 1. The molecule has 27 heavy (non-hydrogen) atoms. The van der Waals surface area contributed by atoms with Crippen LogP contribution in [0.5, 0.6) is 0 Å². The second-order valence-corrected chi connectivity index (χ2v) is 6.55. The van der Waals surface area contributed by atoms with Crippen molar-refractivity contribution in [3.8, 4) is 17.5 Å². The Hall–Kier alpha value is -3.21. The minimum absolute atomic E-state index is 0.338. The highest BCUT2D eigenvalue weighted by Gasteiger charge is 2.16. The molecule has 7 nitrogen and oxygen atoms in total. The molecule has 1 aromatic carbocycles. The molecule has 0 aliphatic rings. The fourth-order valence-corrected chi connectivity index (χ4v) is 3.26. The highest BCUT2D eigenvalue weighted by Crippen LogP contribution is 2.36. The first kappa shape index (κ1) is 17.2. The number of nitriles is 1. The molecule has 0 unspecified atom stereocenters. The molecule has 0 bridgehead atoms. The molecular formula is C18H11Cl2N7. The van der Waals surface area contributed by atoms with Crippen molar-refractivity contribution in [3.05, 3.63) is 58.1 Å². The quantitative estimate of drug-likeness (QED) is 0.523. The van der Waals surface area contributed by atoms with Gasteiger partial charge in [-0.25, -0.2) is 15.0 Å². The molecule has 0 fully saturated rings. The van der Waals surface area contributed by atoms with Crippen molar-refractivity contribution in [3.63, 3.8) is 0 Å². The summed E-state index contributed by atoms with van der Waals surface area (Å²) in [5.41, 5.74) is 3.08. The van der Waals surface area contributed by atoms with Crippen LogP contribution in [0.15, 0.2) is 36.8 Å². The van der Waals surface area contributed by atoms with Gasteiger partial charge < -0.3 is 10.3 Å². The standard InChI is InChI=1S/C18H11Cl2N7/c1-9-7-24-14(8-23-9)26-18-16-13(2-3-22-18)25-17(27-16)15-11(19)4-10(6-21)5-12(15)20/h2-5,7-8H,1H3,(H,25,27)(H,22,24,26). The van der Waals surface area contributed by atoms with Crippen LogP contribution in [-0.2, 0) is 0 Å². The van der Waals surface area contributed by atoms with E-state index in [1.807, 2.05) is 13.0 Å². The number of imidazole rings is 1. The Morgan fingerprint density at radius 2 is 1.89 bits per heavy atom. The third-order valence-electron chi connectivity index (χ3n) is 3.84. The number of hydrogen-bond donors (Lipinski definition) is 2. The third kappa shape index (κ3) is 3.28. The molecule has 3 heterocycles. The highest BCUT2D eigenvalue weighted by molar-refractivity contribution is 6.39. The normalized spacial score (nSPS) is 10.7. The van der Waals surface area contributed by atoms with Crippen molar-refractivity contribution in [2.75, 3.05) is 5.32 Å². The molecule has 9 heteroatoms. The first-order valence-electron chi connectivity index (χ1n) is 7.85. The van der Waals surface area contributed by atoms with Crippen LogP contribution in [0.3, 0.4) is 0 Å². The number of rotatable bonds is 3. The van der Waals surface area contributed by atoms with E-state index in [0.717, 1.165) is 5.69 Å². The van der Waals surface area contributed by atoms with Crippen LogP contribution in [0, 0.1) is 18.3 Å². The minimum atomic E-state index is 0.338. The van der Waals surface area contributed by atoms with Crippen LogP contribution >= 0.6 is 23.2 Å². The SMILES string of the molecule is Cc1cnc(Nc2nccc3nc(-c4c(Cl)cc(C#N)cc4Cl)[nH]c23)cn1. The third-order valence-corrected chi connectivity index (χ3v) is 4.44. The summed E-state index contributed by atoms with van der Waals surface area (Å²) in [6.07, 6.45) is 4.93. The van der Waals surface area contributed by atoms with Crippen LogP contribution < -0.4 is 5.32 Å². The van der Waals surface area contributed by atoms with Crippen molar-refractivity contribution >= 4 is 45.9 Å². The monoisotopic (exact) mass is 395 g/mol. The van der Waals surface area contributed by atoms with Crippen molar-refractivity contribution in [2.24, 2.45) is 0 Å². The molecule has 132 valence electrons. The van der Waals surface area contributed by atoms with Crippen LogP contribution in [0.1, 0.15) is 11.3 Å². The van der Waals surface area contributed by atoms with E-state index >= 15 is 0 Å². The summed E-state index contributed by atoms with van der Waals surface area (Å²) in [4.78, 5) is 20.6. The van der Waals surface area contributed by atoms with E-state index in [4.69, 9.17) is 28.5 Å². The lowest BCUT2D eigenvalue weighted by molar-refractivity contribution is 1.11. The molecule has 0 atom stereocenters. The van der Waals surface area contributed by atoms with Gasteiger partial charge in [-0.15, -0.1) is 0 Å². The lowest BCUT2D eigenvalue weighted by atomic mass is 10.1. The Balaban J connectivity index is 1.80. The summed E-state index contributed by atoms with van der Waals surface area (Å²) in [5.74, 6) is 1.59. The highest BCUT2D eigenvalue weighted by atomic mass is 35.5. The number of nitrogens with one attached hydrogen (secondary N) is 2. The van der Waals surface area contributed by atoms with E-state index in [9.17, 15) is 0 Å². The van der Waals surface area contributed by atoms with Crippen LogP contribution in [0.2, 0.25) is 10.0 Å². The average molecular weight is 396 g/mol. The van der Waals surface area contributed by atoms with Gasteiger partial charge in [0.2, 0.25) is 0 Å².